The number of carbonyl (C=O) groups excluding carboxylic acids is 1. The second-order valence-corrected chi connectivity index (χ2v) is 10.9. The highest BCUT2D eigenvalue weighted by molar-refractivity contribution is 9.10. The summed E-state index contributed by atoms with van der Waals surface area (Å²) in [6, 6.07) is 12.7. The normalized spacial score (nSPS) is 16.2. The molecule has 1 amide bonds. The number of anilines is 1. The topological polar surface area (TPSA) is 79.4 Å². The van der Waals surface area contributed by atoms with Gasteiger partial charge in [0.25, 0.3) is 0 Å². The average Bonchev–Trinajstić information content (AvgIpc) is 3.12. The Labute approximate surface area is 182 Å². The molecule has 2 aromatic carbocycles. The molecule has 1 N–H and O–H groups in total. The van der Waals surface area contributed by atoms with E-state index in [-0.39, 0.29) is 11.8 Å². The van der Waals surface area contributed by atoms with E-state index in [2.05, 4.69) is 26.2 Å². The van der Waals surface area contributed by atoms with Gasteiger partial charge in [-0.1, -0.05) is 35.1 Å². The largest absolute Gasteiger partial charge is 0.302 e. The summed E-state index contributed by atoms with van der Waals surface area (Å²) < 4.78 is 29.0. The number of sulfonamides is 1. The summed E-state index contributed by atoms with van der Waals surface area (Å²) in [4.78, 5) is 17.4. The van der Waals surface area contributed by atoms with Crippen LogP contribution in [0.3, 0.4) is 0 Å². The number of nitrogens with one attached hydrogen (secondary N) is 1. The Kier molecular flexibility index (Phi) is 5.74. The first-order valence-electron chi connectivity index (χ1n) is 9.27. The third-order valence-corrected chi connectivity index (χ3v) is 8.57. The van der Waals surface area contributed by atoms with Gasteiger partial charge in [-0.2, -0.15) is 4.31 Å². The molecule has 0 radical (unpaired) electrons. The van der Waals surface area contributed by atoms with Crippen molar-refractivity contribution in [2.75, 3.05) is 18.4 Å². The van der Waals surface area contributed by atoms with Gasteiger partial charge in [0, 0.05) is 23.5 Å². The molecule has 0 unspecified atom stereocenters. The van der Waals surface area contributed by atoms with Gasteiger partial charge in [-0.3, -0.25) is 4.79 Å². The summed E-state index contributed by atoms with van der Waals surface area (Å²) in [7, 11) is -3.52. The Morgan fingerprint density at radius 3 is 2.52 bits per heavy atom. The molecule has 0 saturated carbocycles. The molecule has 3 aromatic rings. The summed E-state index contributed by atoms with van der Waals surface area (Å²) in [5.74, 6) is -0.331. The van der Waals surface area contributed by atoms with E-state index in [0.717, 1.165) is 20.3 Å². The number of carbonyl (C=O) groups is 1. The standard InChI is InChI=1S/C20H20BrN3O3S2/c1-13-5-7-15(8-6-13)29(26,27)24-11-9-14(10-12-24)19(25)23-20-22-18-16(21)3-2-4-17(18)28-20/h2-8,14H,9-12H2,1H3,(H,22,23,25). The molecule has 29 heavy (non-hydrogen) atoms. The zero-order chi connectivity index (χ0) is 20.6. The maximum Gasteiger partial charge on any atom is 0.243 e. The quantitative estimate of drug-likeness (QED) is 0.583. The summed E-state index contributed by atoms with van der Waals surface area (Å²) in [6.07, 6.45) is 0.983. The highest BCUT2D eigenvalue weighted by atomic mass is 79.9. The van der Waals surface area contributed by atoms with Crippen molar-refractivity contribution in [3.63, 3.8) is 0 Å². The van der Waals surface area contributed by atoms with Crippen LogP contribution in [0.2, 0.25) is 0 Å². The van der Waals surface area contributed by atoms with Crippen molar-refractivity contribution in [2.24, 2.45) is 5.92 Å². The number of aromatic nitrogens is 1. The third kappa shape index (κ3) is 4.23. The van der Waals surface area contributed by atoms with Crippen LogP contribution in [0.5, 0.6) is 0 Å². The first-order chi connectivity index (χ1) is 13.8. The summed E-state index contributed by atoms with van der Waals surface area (Å²) in [6.45, 7) is 2.59. The molecule has 1 aromatic heterocycles. The Balaban J connectivity index is 1.40. The first kappa shape index (κ1) is 20.5. The highest BCUT2D eigenvalue weighted by Gasteiger charge is 2.32. The second-order valence-electron chi connectivity index (χ2n) is 7.09. The van der Waals surface area contributed by atoms with E-state index in [9.17, 15) is 13.2 Å². The van der Waals surface area contributed by atoms with E-state index >= 15 is 0 Å². The molecule has 4 rings (SSSR count). The van der Waals surface area contributed by atoms with Crippen LogP contribution in [-0.4, -0.2) is 36.7 Å². The molecule has 0 atom stereocenters. The van der Waals surface area contributed by atoms with E-state index in [1.54, 1.807) is 24.3 Å². The number of halogens is 1. The number of para-hydroxylation sites is 1. The first-order valence-corrected chi connectivity index (χ1v) is 12.3. The molecular formula is C20H20BrN3O3S2. The minimum atomic E-state index is -3.52. The predicted octanol–water partition coefficient (Wildman–Crippen LogP) is 4.41. The molecule has 2 heterocycles. The SMILES string of the molecule is Cc1ccc(S(=O)(=O)N2CCC(C(=O)Nc3nc4c(Br)cccc4s3)CC2)cc1. The molecule has 9 heteroatoms. The van der Waals surface area contributed by atoms with Gasteiger partial charge in [-0.25, -0.2) is 13.4 Å². The van der Waals surface area contributed by atoms with E-state index in [0.29, 0.717) is 36.0 Å². The monoisotopic (exact) mass is 493 g/mol. The van der Waals surface area contributed by atoms with Crippen molar-refractivity contribution in [2.45, 2.75) is 24.7 Å². The number of hydrogen-bond acceptors (Lipinski definition) is 5. The number of rotatable bonds is 4. The van der Waals surface area contributed by atoms with Crippen LogP contribution in [0.15, 0.2) is 51.8 Å². The van der Waals surface area contributed by atoms with Crippen LogP contribution >= 0.6 is 27.3 Å². The van der Waals surface area contributed by atoms with Gasteiger partial charge in [0.15, 0.2) is 5.13 Å². The Bertz CT molecular complexity index is 1150. The van der Waals surface area contributed by atoms with Crippen molar-refractivity contribution < 1.29 is 13.2 Å². The van der Waals surface area contributed by atoms with E-state index in [1.165, 1.54) is 15.6 Å². The molecule has 0 aliphatic carbocycles. The van der Waals surface area contributed by atoms with Crippen molar-refractivity contribution in [1.29, 1.82) is 0 Å². The fourth-order valence-corrected chi connectivity index (χ4v) is 6.35. The van der Waals surface area contributed by atoms with Crippen LogP contribution in [0.1, 0.15) is 18.4 Å². The van der Waals surface area contributed by atoms with Crippen molar-refractivity contribution in [3.05, 3.63) is 52.5 Å². The van der Waals surface area contributed by atoms with Gasteiger partial charge in [-0.05, 0) is 60.0 Å². The Morgan fingerprint density at radius 2 is 1.86 bits per heavy atom. The maximum absolute atomic E-state index is 12.8. The van der Waals surface area contributed by atoms with Gasteiger partial charge in [0.1, 0.15) is 0 Å². The minimum Gasteiger partial charge on any atom is -0.302 e. The summed E-state index contributed by atoms with van der Waals surface area (Å²) >= 11 is 4.90. The number of thiazole rings is 1. The number of piperidine rings is 1. The number of hydrogen-bond donors (Lipinski definition) is 1. The molecule has 1 fully saturated rings. The number of fused-ring (bicyclic) bond motifs is 1. The summed E-state index contributed by atoms with van der Waals surface area (Å²) in [5.41, 5.74) is 1.84. The summed E-state index contributed by atoms with van der Waals surface area (Å²) in [5, 5.41) is 3.46. The van der Waals surface area contributed by atoms with Crippen LogP contribution in [-0.2, 0) is 14.8 Å². The van der Waals surface area contributed by atoms with Gasteiger partial charge < -0.3 is 5.32 Å². The zero-order valence-corrected chi connectivity index (χ0v) is 19.0. The number of amides is 1. The Morgan fingerprint density at radius 1 is 1.17 bits per heavy atom. The molecule has 1 aliphatic heterocycles. The minimum absolute atomic E-state index is 0.104. The molecule has 0 spiro atoms. The van der Waals surface area contributed by atoms with E-state index < -0.39 is 10.0 Å². The van der Waals surface area contributed by atoms with Crippen molar-refractivity contribution >= 4 is 58.5 Å². The molecule has 1 aliphatic rings. The third-order valence-electron chi connectivity index (χ3n) is 5.08. The molecule has 1 saturated heterocycles. The fraction of sp³-hybridized carbons (Fsp3) is 0.300. The smallest absolute Gasteiger partial charge is 0.243 e. The predicted molar refractivity (Wildman–Crippen MR) is 119 cm³/mol. The maximum atomic E-state index is 12.8. The number of aryl methyl sites for hydroxylation is 1. The Hall–Kier alpha value is -1.81. The van der Waals surface area contributed by atoms with Gasteiger partial charge in [-0.15, -0.1) is 0 Å². The van der Waals surface area contributed by atoms with Crippen LogP contribution in [0, 0.1) is 12.8 Å². The van der Waals surface area contributed by atoms with Crippen LogP contribution in [0.4, 0.5) is 5.13 Å². The number of benzene rings is 2. The highest BCUT2D eigenvalue weighted by Crippen LogP contribution is 2.32. The number of nitrogens with zero attached hydrogens (tertiary/aromatic N) is 2. The molecule has 152 valence electrons. The van der Waals surface area contributed by atoms with Crippen LogP contribution in [0.25, 0.3) is 10.2 Å². The lowest BCUT2D eigenvalue weighted by molar-refractivity contribution is -0.120. The van der Waals surface area contributed by atoms with Gasteiger partial charge >= 0.3 is 0 Å². The van der Waals surface area contributed by atoms with Crippen molar-refractivity contribution in [1.82, 2.24) is 9.29 Å². The lowest BCUT2D eigenvalue weighted by atomic mass is 9.97. The molecule has 0 bridgehead atoms. The van der Waals surface area contributed by atoms with E-state index in [4.69, 9.17) is 0 Å². The second kappa shape index (κ2) is 8.14. The molecular weight excluding hydrogens is 474 g/mol. The lowest BCUT2D eigenvalue weighted by Crippen LogP contribution is -2.41. The van der Waals surface area contributed by atoms with Crippen molar-refractivity contribution in [3.8, 4) is 0 Å². The van der Waals surface area contributed by atoms with Crippen LogP contribution < -0.4 is 5.32 Å². The average molecular weight is 494 g/mol. The van der Waals surface area contributed by atoms with Gasteiger partial charge in [0.05, 0.1) is 15.1 Å². The van der Waals surface area contributed by atoms with Gasteiger partial charge in [0.2, 0.25) is 15.9 Å². The molecule has 6 nitrogen and oxygen atoms in total. The zero-order valence-electron chi connectivity index (χ0n) is 15.8. The lowest BCUT2D eigenvalue weighted by Gasteiger charge is -2.30. The van der Waals surface area contributed by atoms with E-state index in [1.807, 2.05) is 25.1 Å². The fourth-order valence-electron chi connectivity index (χ4n) is 3.39.